The van der Waals surface area contributed by atoms with Gasteiger partial charge in [-0.05, 0) is 45.3 Å². The smallest absolute Gasteiger partial charge is 0.263 e. The normalized spacial score (nSPS) is 20.8. The van der Waals surface area contributed by atoms with Gasteiger partial charge in [0.05, 0.1) is 18.3 Å². The Hall–Kier alpha value is -2.04. The Morgan fingerprint density at radius 2 is 2.03 bits per heavy atom. The summed E-state index contributed by atoms with van der Waals surface area (Å²) in [4.78, 5) is 9.13. The van der Waals surface area contributed by atoms with E-state index in [4.69, 9.17) is 26.0 Å². The number of nitrogens with one attached hydrogen (secondary N) is 1. The third-order valence-electron chi connectivity index (χ3n) is 5.46. The maximum Gasteiger partial charge on any atom is 0.263 e. The van der Waals surface area contributed by atoms with Crippen LogP contribution < -0.4 is 5.32 Å². The molecule has 1 unspecified atom stereocenters. The molecule has 4 heterocycles. The highest BCUT2D eigenvalue weighted by Gasteiger charge is 2.22. The van der Waals surface area contributed by atoms with E-state index in [1.54, 1.807) is 0 Å². The van der Waals surface area contributed by atoms with E-state index in [-0.39, 0.29) is 0 Å². The van der Waals surface area contributed by atoms with Gasteiger partial charge >= 0.3 is 0 Å². The summed E-state index contributed by atoms with van der Waals surface area (Å²) in [6.07, 6.45) is 3.59. The molecular weight excluding hydrogens is 392 g/mol. The summed E-state index contributed by atoms with van der Waals surface area (Å²) in [5.41, 5.74) is 1.54. The molecule has 158 valence electrons. The van der Waals surface area contributed by atoms with E-state index in [1.807, 2.05) is 13.8 Å². The van der Waals surface area contributed by atoms with Gasteiger partial charge in [0.1, 0.15) is 11.3 Å². The van der Waals surface area contributed by atoms with Crippen molar-refractivity contribution >= 4 is 17.3 Å². The Labute approximate surface area is 175 Å². The van der Waals surface area contributed by atoms with Crippen molar-refractivity contribution in [2.75, 3.05) is 39.3 Å². The van der Waals surface area contributed by atoms with Crippen molar-refractivity contribution in [1.82, 2.24) is 30.4 Å². The van der Waals surface area contributed by atoms with E-state index in [9.17, 15) is 0 Å². The van der Waals surface area contributed by atoms with Gasteiger partial charge in [0.15, 0.2) is 10.9 Å². The van der Waals surface area contributed by atoms with Crippen molar-refractivity contribution in [2.24, 2.45) is 0 Å². The Balaban J connectivity index is 1.28. The second kappa shape index (κ2) is 9.19. The SMILES string of the molecule is Cc1noc(C)c1-c1nc(CN2CCCN(C(=S)NCC3CCCO3)CC2)no1. The summed E-state index contributed by atoms with van der Waals surface area (Å²) in [5.74, 6) is 1.83. The third-order valence-corrected chi connectivity index (χ3v) is 5.86. The highest BCUT2D eigenvalue weighted by atomic mass is 32.1. The Bertz CT molecular complexity index is 812. The molecule has 0 spiro atoms. The molecule has 2 aromatic heterocycles. The fourth-order valence-electron chi connectivity index (χ4n) is 3.86. The Morgan fingerprint density at radius 1 is 1.14 bits per heavy atom. The lowest BCUT2D eigenvalue weighted by atomic mass is 10.2. The fraction of sp³-hybridized carbons (Fsp3) is 0.684. The minimum atomic E-state index is 0.293. The number of rotatable bonds is 5. The second-order valence-corrected chi connectivity index (χ2v) is 8.04. The molecule has 29 heavy (non-hydrogen) atoms. The van der Waals surface area contributed by atoms with Crippen molar-refractivity contribution in [2.45, 2.75) is 45.8 Å². The molecule has 0 bridgehead atoms. The van der Waals surface area contributed by atoms with Gasteiger partial charge in [0, 0.05) is 39.3 Å². The Kier molecular flexibility index (Phi) is 6.41. The van der Waals surface area contributed by atoms with Gasteiger partial charge in [-0.2, -0.15) is 4.98 Å². The first-order chi connectivity index (χ1) is 14.1. The van der Waals surface area contributed by atoms with Crippen LogP contribution in [-0.2, 0) is 11.3 Å². The summed E-state index contributed by atoms with van der Waals surface area (Å²) < 4.78 is 16.3. The zero-order valence-electron chi connectivity index (χ0n) is 17.0. The highest BCUT2D eigenvalue weighted by Crippen LogP contribution is 2.25. The third kappa shape index (κ3) is 4.93. The number of ether oxygens (including phenoxy) is 1. The summed E-state index contributed by atoms with van der Waals surface area (Å²) in [7, 11) is 0. The van der Waals surface area contributed by atoms with Crippen molar-refractivity contribution in [3.05, 3.63) is 17.3 Å². The first-order valence-corrected chi connectivity index (χ1v) is 10.6. The molecule has 2 fully saturated rings. The Morgan fingerprint density at radius 3 is 2.79 bits per heavy atom. The van der Waals surface area contributed by atoms with Crippen molar-refractivity contribution in [3.63, 3.8) is 0 Å². The van der Waals surface area contributed by atoms with Gasteiger partial charge < -0.3 is 24.0 Å². The van der Waals surface area contributed by atoms with Gasteiger partial charge in [-0.25, -0.2) is 0 Å². The lowest BCUT2D eigenvalue weighted by Crippen LogP contribution is -2.44. The van der Waals surface area contributed by atoms with Crippen LogP contribution in [0, 0.1) is 13.8 Å². The summed E-state index contributed by atoms with van der Waals surface area (Å²) in [6.45, 7) is 9.73. The topological polar surface area (TPSA) is 92.7 Å². The second-order valence-electron chi connectivity index (χ2n) is 7.65. The maximum atomic E-state index is 5.66. The lowest BCUT2D eigenvalue weighted by molar-refractivity contribution is 0.113. The van der Waals surface area contributed by atoms with Crippen LogP contribution in [0.15, 0.2) is 9.05 Å². The number of nitrogens with zero attached hydrogens (tertiary/aromatic N) is 5. The van der Waals surface area contributed by atoms with E-state index in [0.29, 0.717) is 30.1 Å². The zero-order chi connectivity index (χ0) is 20.2. The van der Waals surface area contributed by atoms with E-state index in [0.717, 1.165) is 75.0 Å². The molecule has 4 rings (SSSR count). The lowest BCUT2D eigenvalue weighted by Gasteiger charge is -2.25. The molecule has 1 atom stereocenters. The predicted octanol–water partition coefficient (Wildman–Crippen LogP) is 1.90. The molecule has 0 saturated carbocycles. The summed E-state index contributed by atoms with van der Waals surface area (Å²) in [5, 5.41) is 12.3. The van der Waals surface area contributed by atoms with Crippen LogP contribution in [0.2, 0.25) is 0 Å². The standard InChI is InChI=1S/C19H28N6O3S/c1-13-17(14(2)27-22-13)18-21-16(23-28-18)12-24-6-4-7-25(9-8-24)19(29)20-11-15-5-3-10-26-15/h15H,3-12H2,1-2H3,(H,20,29). The van der Waals surface area contributed by atoms with Gasteiger partial charge in [-0.3, -0.25) is 4.90 Å². The predicted molar refractivity (Wildman–Crippen MR) is 110 cm³/mol. The first-order valence-electron chi connectivity index (χ1n) is 10.2. The quantitative estimate of drug-likeness (QED) is 0.723. The first kappa shape index (κ1) is 20.2. The molecule has 2 saturated heterocycles. The van der Waals surface area contributed by atoms with E-state index in [1.165, 1.54) is 0 Å². The van der Waals surface area contributed by atoms with Gasteiger partial charge in [0.2, 0.25) is 0 Å². The van der Waals surface area contributed by atoms with Crippen LogP contribution in [0.4, 0.5) is 0 Å². The van der Waals surface area contributed by atoms with Crippen molar-refractivity contribution in [1.29, 1.82) is 0 Å². The van der Waals surface area contributed by atoms with Gasteiger partial charge in [0.25, 0.3) is 5.89 Å². The van der Waals surface area contributed by atoms with Crippen molar-refractivity contribution < 1.29 is 13.8 Å². The summed E-state index contributed by atoms with van der Waals surface area (Å²) >= 11 is 5.60. The molecule has 0 amide bonds. The molecule has 2 aliphatic heterocycles. The largest absolute Gasteiger partial charge is 0.376 e. The molecule has 10 heteroatoms. The van der Waals surface area contributed by atoms with Crippen molar-refractivity contribution in [3.8, 4) is 11.5 Å². The summed E-state index contributed by atoms with van der Waals surface area (Å²) in [6, 6.07) is 0. The van der Waals surface area contributed by atoms with Crippen LogP contribution in [0.1, 0.15) is 36.5 Å². The fourth-order valence-corrected chi connectivity index (χ4v) is 4.12. The number of hydrogen-bond donors (Lipinski definition) is 1. The van der Waals surface area contributed by atoms with E-state index in [2.05, 4.69) is 30.4 Å². The van der Waals surface area contributed by atoms with E-state index >= 15 is 0 Å². The molecule has 2 aromatic rings. The molecule has 0 radical (unpaired) electrons. The number of aryl methyl sites for hydroxylation is 2. The van der Waals surface area contributed by atoms with Gasteiger partial charge in [-0.1, -0.05) is 10.3 Å². The minimum absolute atomic E-state index is 0.293. The van der Waals surface area contributed by atoms with Crippen LogP contribution in [0.3, 0.4) is 0 Å². The molecule has 2 aliphatic rings. The number of thiocarbonyl (C=S) groups is 1. The van der Waals surface area contributed by atoms with Gasteiger partial charge in [-0.15, -0.1) is 0 Å². The maximum absolute atomic E-state index is 5.66. The van der Waals surface area contributed by atoms with Crippen LogP contribution in [0.25, 0.3) is 11.5 Å². The van der Waals surface area contributed by atoms with Crippen LogP contribution in [-0.4, -0.2) is 75.6 Å². The number of aromatic nitrogens is 3. The highest BCUT2D eigenvalue weighted by molar-refractivity contribution is 7.80. The molecule has 0 aliphatic carbocycles. The number of hydrogen-bond acceptors (Lipinski definition) is 8. The molecule has 9 nitrogen and oxygen atoms in total. The monoisotopic (exact) mass is 420 g/mol. The van der Waals surface area contributed by atoms with Crippen LogP contribution in [0.5, 0.6) is 0 Å². The molecule has 0 aromatic carbocycles. The molecule has 1 N–H and O–H groups in total. The average molecular weight is 421 g/mol. The van der Waals surface area contributed by atoms with Crippen LogP contribution >= 0.6 is 12.2 Å². The minimum Gasteiger partial charge on any atom is -0.376 e. The zero-order valence-corrected chi connectivity index (χ0v) is 17.8. The molecular formula is C19H28N6O3S. The van der Waals surface area contributed by atoms with E-state index < -0.39 is 0 Å². The average Bonchev–Trinajstić information content (AvgIpc) is 3.41.